The summed E-state index contributed by atoms with van der Waals surface area (Å²) in [6.45, 7) is 16.6. The van der Waals surface area contributed by atoms with Gasteiger partial charge >= 0.3 is 0 Å². The Morgan fingerprint density at radius 1 is 0.933 bits per heavy atom. The molecule has 5 rings (SSSR count). The molecule has 45 heavy (non-hydrogen) atoms. The summed E-state index contributed by atoms with van der Waals surface area (Å²) in [7, 11) is 0. The van der Waals surface area contributed by atoms with Gasteiger partial charge in [-0.2, -0.15) is 0 Å². The van der Waals surface area contributed by atoms with Gasteiger partial charge in [-0.3, -0.25) is 0 Å². The van der Waals surface area contributed by atoms with E-state index in [-0.39, 0.29) is 39.9 Å². The van der Waals surface area contributed by atoms with Crippen LogP contribution in [-0.2, 0) is 9.47 Å². The summed E-state index contributed by atoms with van der Waals surface area (Å²) in [6.07, 6.45) is -0.646. The van der Waals surface area contributed by atoms with Gasteiger partial charge in [0.15, 0.2) is 6.29 Å². The Morgan fingerprint density at radius 3 is 2.22 bits per heavy atom. The summed E-state index contributed by atoms with van der Waals surface area (Å²) in [4.78, 5) is 0. The average Bonchev–Trinajstić information content (AvgIpc) is 3.32. The van der Waals surface area contributed by atoms with E-state index in [0.717, 1.165) is 25.7 Å². The summed E-state index contributed by atoms with van der Waals surface area (Å²) in [5.74, 6) is -0.268. The molecule has 16 unspecified atom stereocenters. The molecule has 0 bridgehead atoms. The second kappa shape index (κ2) is 12.1. The van der Waals surface area contributed by atoms with Crippen molar-refractivity contribution in [2.24, 2.45) is 45.3 Å². The SMILES string of the molecule is CC(C)=CCCC(C)(O)C1CCC2(C)C1C(OC1OC(CO)C(O)C(O)C1O)CC1C3(C)CCC(O)C(C)(C)C3C(O)CC12C. The fraction of sp³-hybridized carbons (Fsp3) is 0.944. The van der Waals surface area contributed by atoms with Crippen molar-refractivity contribution in [1.82, 2.24) is 0 Å². The lowest BCUT2D eigenvalue weighted by molar-refractivity contribution is -0.339. The van der Waals surface area contributed by atoms with Crippen LogP contribution in [0.4, 0.5) is 0 Å². The van der Waals surface area contributed by atoms with Crippen molar-refractivity contribution in [1.29, 1.82) is 0 Å². The number of hydrogen-bond acceptors (Lipinski definition) is 9. The monoisotopic (exact) mass is 638 g/mol. The molecule has 0 aromatic rings. The third-order valence-electron chi connectivity index (χ3n) is 14.4. The number of ether oxygens (including phenoxy) is 2. The van der Waals surface area contributed by atoms with Crippen LogP contribution in [0.2, 0.25) is 0 Å². The number of allylic oxidation sites excluding steroid dienone is 2. The Kier molecular flexibility index (Phi) is 9.56. The van der Waals surface area contributed by atoms with Gasteiger partial charge in [0, 0.05) is 0 Å². The van der Waals surface area contributed by atoms with Crippen LogP contribution >= 0.6 is 0 Å². The first-order chi connectivity index (χ1) is 20.8. The average molecular weight is 639 g/mol. The number of aliphatic hydroxyl groups excluding tert-OH is 6. The van der Waals surface area contributed by atoms with E-state index in [0.29, 0.717) is 25.7 Å². The van der Waals surface area contributed by atoms with Crippen molar-refractivity contribution in [3.63, 3.8) is 0 Å². The van der Waals surface area contributed by atoms with Crippen LogP contribution in [0.15, 0.2) is 11.6 Å². The number of rotatable bonds is 7. The standard InChI is InChI=1S/C36H62O9/c1-19(2)10-9-13-36(8,43)20-11-15-34(6)26(20)22(44-31-29(42)28(41)27(40)23(18-37)45-31)16-24-33(5)14-12-25(39)32(3,4)30(33)21(38)17-35(24,34)7/h10,20-31,37-43H,9,11-18H2,1-8H3. The van der Waals surface area contributed by atoms with Crippen molar-refractivity contribution >= 4 is 0 Å². The van der Waals surface area contributed by atoms with Crippen LogP contribution in [0, 0.1) is 45.3 Å². The fourth-order valence-corrected chi connectivity index (χ4v) is 11.9. The van der Waals surface area contributed by atoms with E-state index in [9.17, 15) is 35.7 Å². The van der Waals surface area contributed by atoms with Crippen LogP contribution in [0.5, 0.6) is 0 Å². The molecule has 4 aliphatic carbocycles. The zero-order chi connectivity index (χ0) is 33.5. The summed E-state index contributed by atoms with van der Waals surface area (Å²) >= 11 is 0. The molecule has 5 fully saturated rings. The van der Waals surface area contributed by atoms with Gasteiger partial charge in [0.2, 0.25) is 0 Å². The Hall–Kier alpha value is -0.620. The minimum atomic E-state index is -1.54. The highest BCUT2D eigenvalue weighted by atomic mass is 16.7. The Labute approximate surface area is 270 Å². The zero-order valence-corrected chi connectivity index (χ0v) is 28.8. The van der Waals surface area contributed by atoms with Gasteiger partial charge in [0.1, 0.15) is 24.4 Å². The van der Waals surface area contributed by atoms with E-state index < -0.39 is 66.6 Å². The largest absolute Gasteiger partial charge is 0.394 e. The quantitative estimate of drug-likeness (QED) is 0.164. The van der Waals surface area contributed by atoms with Gasteiger partial charge in [-0.25, -0.2) is 0 Å². The van der Waals surface area contributed by atoms with Crippen LogP contribution in [-0.4, -0.2) is 97.0 Å². The van der Waals surface area contributed by atoms with Gasteiger partial charge in [-0.1, -0.05) is 46.3 Å². The lowest BCUT2D eigenvalue weighted by Crippen LogP contribution is -2.70. The molecular formula is C36H62O9. The first-order valence-electron chi connectivity index (χ1n) is 17.4. The highest BCUT2D eigenvalue weighted by Gasteiger charge is 2.73. The lowest BCUT2D eigenvalue weighted by atomic mass is 9.34. The molecule has 5 aliphatic rings. The summed E-state index contributed by atoms with van der Waals surface area (Å²) in [5, 5.41) is 77.3. The van der Waals surface area contributed by atoms with E-state index in [4.69, 9.17) is 9.47 Å². The fourth-order valence-electron chi connectivity index (χ4n) is 11.9. The molecular weight excluding hydrogens is 576 g/mol. The van der Waals surface area contributed by atoms with Gasteiger partial charge < -0.3 is 45.2 Å². The number of aliphatic hydroxyl groups is 7. The molecule has 9 nitrogen and oxygen atoms in total. The number of hydrogen-bond donors (Lipinski definition) is 7. The maximum absolute atomic E-state index is 12.1. The molecule has 1 saturated heterocycles. The minimum Gasteiger partial charge on any atom is -0.394 e. The molecule has 1 aliphatic heterocycles. The summed E-state index contributed by atoms with van der Waals surface area (Å²) in [6, 6.07) is 0. The first-order valence-corrected chi connectivity index (χ1v) is 17.4. The molecule has 4 saturated carbocycles. The first kappa shape index (κ1) is 35.7. The van der Waals surface area contributed by atoms with Crippen molar-refractivity contribution in [3.05, 3.63) is 11.6 Å². The molecule has 0 radical (unpaired) electrons. The Bertz CT molecular complexity index is 1100. The Balaban J connectivity index is 1.58. The molecule has 16 atom stereocenters. The van der Waals surface area contributed by atoms with Crippen molar-refractivity contribution in [2.45, 2.75) is 161 Å². The summed E-state index contributed by atoms with van der Waals surface area (Å²) in [5.41, 5.74) is -1.20. The third kappa shape index (κ3) is 5.48. The molecule has 0 aromatic heterocycles. The smallest absolute Gasteiger partial charge is 0.186 e. The molecule has 9 heteroatoms. The minimum absolute atomic E-state index is 0.107. The molecule has 0 aromatic carbocycles. The predicted molar refractivity (Wildman–Crippen MR) is 170 cm³/mol. The normalized spacial score (nSPS) is 52.2. The van der Waals surface area contributed by atoms with Crippen molar-refractivity contribution < 1.29 is 45.2 Å². The van der Waals surface area contributed by atoms with Gasteiger partial charge in [-0.05, 0) is 117 Å². The Morgan fingerprint density at radius 2 is 1.60 bits per heavy atom. The van der Waals surface area contributed by atoms with E-state index in [1.807, 2.05) is 6.92 Å². The third-order valence-corrected chi connectivity index (χ3v) is 14.4. The molecule has 260 valence electrons. The zero-order valence-electron chi connectivity index (χ0n) is 28.8. The van der Waals surface area contributed by atoms with Crippen LogP contribution in [0.3, 0.4) is 0 Å². The van der Waals surface area contributed by atoms with E-state index in [2.05, 4.69) is 54.5 Å². The van der Waals surface area contributed by atoms with Crippen LogP contribution in [0.1, 0.15) is 107 Å². The topological polar surface area (TPSA) is 160 Å². The number of fused-ring (bicyclic) bond motifs is 5. The highest BCUT2D eigenvalue weighted by molar-refractivity contribution is 5.22. The second-order valence-electron chi connectivity index (χ2n) is 17.5. The maximum atomic E-state index is 12.1. The summed E-state index contributed by atoms with van der Waals surface area (Å²) < 4.78 is 12.7. The van der Waals surface area contributed by atoms with Crippen molar-refractivity contribution in [3.8, 4) is 0 Å². The van der Waals surface area contributed by atoms with Gasteiger partial charge in [0.05, 0.1) is 30.5 Å². The van der Waals surface area contributed by atoms with Gasteiger partial charge in [-0.15, -0.1) is 0 Å². The predicted octanol–water partition coefficient (Wildman–Crippen LogP) is 3.30. The molecule has 1 heterocycles. The lowest BCUT2D eigenvalue weighted by Gasteiger charge is -2.71. The van der Waals surface area contributed by atoms with E-state index in [1.165, 1.54) is 5.57 Å². The molecule has 0 spiro atoms. The maximum Gasteiger partial charge on any atom is 0.186 e. The van der Waals surface area contributed by atoms with Crippen LogP contribution in [0.25, 0.3) is 0 Å². The second-order valence-corrected chi connectivity index (χ2v) is 17.5. The van der Waals surface area contributed by atoms with Crippen LogP contribution < -0.4 is 0 Å². The van der Waals surface area contributed by atoms with E-state index in [1.54, 1.807) is 0 Å². The van der Waals surface area contributed by atoms with E-state index >= 15 is 0 Å². The molecule has 7 N–H and O–H groups in total. The highest BCUT2D eigenvalue weighted by Crippen LogP contribution is 2.76. The molecule has 0 amide bonds. The van der Waals surface area contributed by atoms with Gasteiger partial charge in [0.25, 0.3) is 0 Å². The van der Waals surface area contributed by atoms with Crippen molar-refractivity contribution in [2.75, 3.05) is 6.61 Å².